The van der Waals surface area contributed by atoms with Crippen LogP contribution in [0.25, 0.3) is 0 Å². The summed E-state index contributed by atoms with van der Waals surface area (Å²) < 4.78 is 4.42. The van der Waals surface area contributed by atoms with Gasteiger partial charge in [-0.25, -0.2) is 9.59 Å². The predicted molar refractivity (Wildman–Crippen MR) is 78.3 cm³/mol. The predicted octanol–water partition coefficient (Wildman–Crippen LogP) is 1.79. The molecule has 2 rings (SSSR count). The number of nitrogens with one attached hydrogen (secondary N) is 1. The van der Waals surface area contributed by atoms with Gasteiger partial charge in [-0.2, -0.15) is 0 Å². The summed E-state index contributed by atoms with van der Waals surface area (Å²) in [5.74, 6) is -1.09. The average Bonchev–Trinajstić information content (AvgIpc) is 2.89. The van der Waals surface area contributed by atoms with Crippen molar-refractivity contribution in [3.63, 3.8) is 0 Å². The lowest BCUT2D eigenvalue weighted by molar-refractivity contribution is -0.142. The molecule has 0 heterocycles. The Morgan fingerprint density at radius 3 is 2.76 bits per heavy atom. The summed E-state index contributed by atoms with van der Waals surface area (Å²) in [6.45, 7) is 0. The van der Waals surface area contributed by atoms with Crippen LogP contribution in [-0.2, 0) is 14.3 Å². The molecular formula is C16H19NO4. The molecule has 0 amide bonds. The summed E-state index contributed by atoms with van der Waals surface area (Å²) in [5.41, 5.74) is -0.389. The number of hydrogen-bond donors (Lipinski definition) is 2. The van der Waals surface area contributed by atoms with Crippen LogP contribution in [-0.4, -0.2) is 30.2 Å². The second-order valence-electron chi connectivity index (χ2n) is 5.10. The largest absolute Gasteiger partial charge is 0.477 e. The highest BCUT2D eigenvalue weighted by Crippen LogP contribution is 2.36. The van der Waals surface area contributed by atoms with Gasteiger partial charge in [-0.3, -0.25) is 0 Å². The van der Waals surface area contributed by atoms with E-state index < -0.39 is 11.9 Å². The molecule has 5 heteroatoms. The van der Waals surface area contributed by atoms with Crippen LogP contribution in [0.15, 0.2) is 48.2 Å². The molecular weight excluding hydrogens is 270 g/mol. The molecule has 2 aliphatic rings. The third-order valence-electron chi connectivity index (χ3n) is 3.88. The second-order valence-corrected chi connectivity index (χ2v) is 5.10. The number of carboxylic acid groups (broad SMARTS) is 1. The summed E-state index contributed by atoms with van der Waals surface area (Å²) in [6.07, 6.45) is 15.2. The van der Waals surface area contributed by atoms with Gasteiger partial charge in [-0.05, 0) is 37.1 Å². The Morgan fingerprint density at radius 1 is 1.29 bits per heavy atom. The number of rotatable bonds is 5. The highest BCUT2D eigenvalue weighted by atomic mass is 16.5. The van der Waals surface area contributed by atoms with Crippen LogP contribution in [0.5, 0.6) is 0 Å². The standard InChI is InChI=1S/C16H19NO4/c1-21-16(20)13(15(18)19)7-4-10-17-14-9-8-11-5-2-3-6-12(11)14/h2-7,10-12,14,17H,8-9H2,1H3,(H,18,19)/b10-4+,13-7-/t11?,12?,14-/m1/s1. The number of fused-ring (bicyclic) bond motifs is 1. The first kappa shape index (κ1) is 15.1. The molecule has 5 nitrogen and oxygen atoms in total. The fourth-order valence-corrected chi connectivity index (χ4v) is 2.81. The summed E-state index contributed by atoms with van der Waals surface area (Å²) in [6, 6.07) is 0.340. The van der Waals surface area contributed by atoms with Crippen molar-refractivity contribution in [3.05, 3.63) is 48.2 Å². The molecule has 0 radical (unpaired) electrons. The Hall–Kier alpha value is -2.30. The van der Waals surface area contributed by atoms with Crippen LogP contribution in [0.3, 0.4) is 0 Å². The SMILES string of the molecule is COC(=O)/C(=C\C=C\N[C@@H]1CCC2C=CC=CC21)C(=O)O. The number of carbonyl (C=O) groups is 2. The zero-order chi connectivity index (χ0) is 15.2. The number of carbonyl (C=O) groups excluding carboxylic acids is 1. The third-order valence-corrected chi connectivity index (χ3v) is 3.88. The van der Waals surface area contributed by atoms with E-state index in [1.165, 1.54) is 12.2 Å². The molecule has 2 aliphatic carbocycles. The van der Waals surface area contributed by atoms with Crippen LogP contribution < -0.4 is 5.32 Å². The van der Waals surface area contributed by atoms with E-state index in [2.05, 4.69) is 34.4 Å². The van der Waals surface area contributed by atoms with Crippen LogP contribution in [0.2, 0.25) is 0 Å². The van der Waals surface area contributed by atoms with Gasteiger partial charge in [0.05, 0.1) is 7.11 Å². The maximum Gasteiger partial charge on any atom is 0.345 e. The molecule has 21 heavy (non-hydrogen) atoms. The second kappa shape index (κ2) is 6.92. The van der Waals surface area contributed by atoms with Gasteiger partial charge in [-0.1, -0.05) is 24.3 Å². The van der Waals surface area contributed by atoms with Crippen LogP contribution in [0.4, 0.5) is 0 Å². The van der Waals surface area contributed by atoms with Crippen molar-refractivity contribution >= 4 is 11.9 Å². The van der Waals surface area contributed by atoms with Crippen molar-refractivity contribution in [2.24, 2.45) is 11.8 Å². The van der Waals surface area contributed by atoms with E-state index in [-0.39, 0.29) is 5.57 Å². The number of esters is 1. The molecule has 112 valence electrons. The molecule has 0 spiro atoms. The monoisotopic (exact) mass is 289 g/mol. The summed E-state index contributed by atoms with van der Waals surface area (Å²) in [7, 11) is 1.16. The van der Waals surface area contributed by atoms with Gasteiger partial charge >= 0.3 is 11.9 Å². The van der Waals surface area contributed by atoms with E-state index in [1.807, 2.05) is 0 Å². The molecule has 0 aromatic rings. The van der Waals surface area contributed by atoms with Crippen molar-refractivity contribution < 1.29 is 19.4 Å². The van der Waals surface area contributed by atoms with Crippen LogP contribution in [0.1, 0.15) is 12.8 Å². The zero-order valence-electron chi connectivity index (χ0n) is 11.9. The molecule has 0 saturated heterocycles. The van der Waals surface area contributed by atoms with Crippen molar-refractivity contribution in [2.45, 2.75) is 18.9 Å². The molecule has 1 saturated carbocycles. The molecule has 1 fully saturated rings. The van der Waals surface area contributed by atoms with Crippen molar-refractivity contribution in [1.29, 1.82) is 0 Å². The van der Waals surface area contributed by atoms with E-state index in [4.69, 9.17) is 5.11 Å². The Bertz CT molecular complexity index is 530. The van der Waals surface area contributed by atoms with Gasteiger partial charge in [0.2, 0.25) is 0 Å². The number of carboxylic acids is 1. The van der Waals surface area contributed by atoms with Crippen molar-refractivity contribution in [3.8, 4) is 0 Å². The molecule has 0 aromatic heterocycles. The molecule has 2 unspecified atom stereocenters. The van der Waals surface area contributed by atoms with E-state index in [0.717, 1.165) is 20.0 Å². The lowest BCUT2D eigenvalue weighted by Crippen LogP contribution is -2.29. The Balaban J connectivity index is 1.93. The van der Waals surface area contributed by atoms with Gasteiger partial charge < -0.3 is 15.2 Å². The number of hydrogen-bond acceptors (Lipinski definition) is 4. The molecule has 0 bridgehead atoms. The smallest absolute Gasteiger partial charge is 0.345 e. The summed E-state index contributed by atoms with van der Waals surface area (Å²) in [4.78, 5) is 22.1. The van der Waals surface area contributed by atoms with Crippen molar-refractivity contribution in [2.75, 3.05) is 7.11 Å². The first-order valence-electron chi connectivity index (χ1n) is 6.93. The Morgan fingerprint density at radius 2 is 2.05 bits per heavy atom. The highest BCUT2D eigenvalue weighted by Gasteiger charge is 2.32. The first-order valence-corrected chi connectivity index (χ1v) is 6.93. The Labute approximate surface area is 123 Å². The molecule has 0 aliphatic heterocycles. The fraction of sp³-hybridized carbons (Fsp3) is 0.375. The maximum atomic E-state index is 11.2. The van der Waals surface area contributed by atoms with Gasteiger partial charge in [0.1, 0.15) is 5.57 Å². The number of allylic oxidation sites excluding steroid dienone is 5. The topological polar surface area (TPSA) is 75.6 Å². The molecule has 0 aromatic carbocycles. The number of methoxy groups -OCH3 is 1. The number of ether oxygens (including phenoxy) is 1. The summed E-state index contributed by atoms with van der Waals surface area (Å²) in [5, 5.41) is 12.2. The molecule has 3 atom stereocenters. The van der Waals surface area contributed by atoms with Gasteiger partial charge in [0.15, 0.2) is 0 Å². The van der Waals surface area contributed by atoms with Crippen LogP contribution in [0, 0.1) is 11.8 Å². The van der Waals surface area contributed by atoms with E-state index in [9.17, 15) is 9.59 Å². The minimum Gasteiger partial charge on any atom is -0.477 e. The number of aliphatic carboxylic acids is 1. The minimum absolute atomic E-state index is 0.340. The van der Waals surface area contributed by atoms with Crippen molar-refractivity contribution in [1.82, 2.24) is 5.32 Å². The van der Waals surface area contributed by atoms with Gasteiger partial charge in [0.25, 0.3) is 0 Å². The fourth-order valence-electron chi connectivity index (χ4n) is 2.81. The van der Waals surface area contributed by atoms with E-state index in [0.29, 0.717) is 17.9 Å². The van der Waals surface area contributed by atoms with Crippen LogP contribution >= 0.6 is 0 Å². The maximum absolute atomic E-state index is 11.2. The van der Waals surface area contributed by atoms with Gasteiger partial charge in [0, 0.05) is 12.0 Å². The average molecular weight is 289 g/mol. The Kier molecular flexibility index (Phi) is 4.98. The normalized spacial score (nSPS) is 27.7. The van der Waals surface area contributed by atoms with E-state index in [1.54, 1.807) is 6.20 Å². The highest BCUT2D eigenvalue weighted by molar-refractivity contribution is 6.13. The minimum atomic E-state index is -1.30. The van der Waals surface area contributed by atoms with Gasteiger partial charge in [-0.15, -0.1) is 0 Å². The lowest BCUT2D eigenvalue weighted by atomic mass is 9.90. The quantitative estimate of drug-likeness (QED) is 0.265. The molecule has 2 N–H and O–H groups in total. The third kappa shape index (κ3) is 3.62. The first-order chi connectivity index (χ1) is 10.1. The van der Waals surface area contributed by atoms with E-state index >= 15 is 0 Å². The summed E-state index contributed by atoms with van der Waals surface area (Å²) >= 11 is 0. The lowest BCUT2D eigenvalue weighted by Gasteiger charge is -2.21. The zero-order valence-corrected chi connectivity index (χ0v) is 11.9.